The van der Waals surface area contributed by atoms with E-state index in [2.05, 4.69) is 5.32 Å². The fraction of sp³-hybridized carbons (Fsp3) is 0.632. The molecule has 9 nitrogen and oxygen atoms in total. The van der Waals surface area contributed by atoms with Crippen molar-refractivity contribution in [3.05, 3.63) is 38.4 Å². The Hall–Kier alpha value is -2.71. The SMILES string of the molecule is O=[N+]([O-])c1ccc(OC(=NC2CCCCC2)NC2CCCCC2)c([N+](=O)[O-])c1. The first-order valence-electron chi connectivity index (χ1n) is 9.98. The topological polar surface area (TPSA) is 120 Å². The lowest BCUT2D eigenvalue weighted by atomic mass is 9.95. The normalized spacial score (nSPS) is 19.2. The van der Waals surface area contributed by atoms with E-state index in [1.165, 1.54) is 25.0 Å². The van der Waals surface area contributed by atoms with Crippen molar-refractivity contribution in [3.8, 4) is 5.75 Å². The number of benzene rings is 1. The average Bonchev–Trinajstić information content (AvgIpc) is 2.69. The van der Waals surface area contributed by atoms with E-state index in [1.54, 1.807) is 0 Å². The molecule has 2 aliphatic rings. The van der Waals surface area contributed by atoms with Crippen molar-refractivity contribution < 1.29 is 14.6 Å². The molecular weight excluding hydrogens is 364 g/mol. The maximum atomic E-state index is 11.4. The summed E-state index contributed by atoms with van der Waals surface area (Å²) in [5, 5.41) is 25.7. The molecule has 0 amide bonds. The van der Waals surface area contributed by atoms with Crippen LogP contribution in [-0.4, -0.2) is 28.0 Å². The molecule has 0 spiro atoms. The molecule has 1 aromatic carbocycles. The predicted molar refractivity (Wildman–Crippen MR) is 105 cm³/mol. The van der Waals surface area contributed by atoms with Gasteiger partial charge in [0.15, 0.2) is 0 Å². The summed E-state index contributed by atoms with van der Waals surface area (Å²) < 4.78 is 5.82. The molecule has 28 heavy (non-hydrogen) atoms. The maximum absolute atomic E-state index is 11.4. The third kappa shape index (κ3) is 5.40. The van der Waals surface area contributed by atoms with E-state index in [-0.39, 0.29) is 29.5 Å². The third-order valence-electron chi connectivity index (χ3n) is 5.36. The summed E-state index contributed by atoms with van der Waals surface area (Å²) in [5.74, 6) is -0.0338. The van der Waals surface area contributed by atoms with Crippen molar-refractivity contribution in [1.82, 2.24) is 5.32 Å². The molecule has 0 radical (unpaired) electrons. The molecule has 1 aromatic rings. The lowest BCUT2D eigenvalue weighted by Crippen LogP contribution is -2.40. The van der Waals surface area contributed by atoms with Gasteiger partial charge in [-0.1, -0.05) is 38.5 Å². The Morgan fingerprint density at radius 1 is 0.964 bits per heavy atom. The summed E-state index contributed by atoms with van der Waals surface area (Å²) >= 11 is 0. The number of non-ortho nitro benzene ring substituents is 1. The summed E-state index contributed by atoms with van der Waals surface area (Å²) in [6.07, 6.45) is 10.9. The van der Waals surface area contributed by atoms with Crippen LogP contribution >= 0.6 is 0 Å². The van der Waals surface area contributed by atoms with Crippen molar-refractivity contribution in [1.29, 1.82) is 0 Å². The number of ether oxygens (including phenoxy) is 1. The van der Waals surface area contributed by atoms with Gasteiger partial charge in [0.05, 0.1) is 22.0 Å². The minimum atomic E-state index is -0.666. The van der Waals surface area contributed by atoms with Gasteiger partial charge in [-0.05, 0) is 31.7 Å². The van der Waals surface area contributed by atoms with Gasteiger partial charge in [-0.3, -0.25) is 20.2 Å². The van der Waals surface area contributed by atoms with E-state index in [4.69, 9.17) is 9.73 Å². The zero-order chi connectivity index (χ0) is 19.9. The van der Waals surface area contributed by atoms with Crippen LogP contribution in [0.15, 0.2) is 23.2 Å². The number of nitro benzene ring substituents is 2. The van der Waals surface area contributed by atoms with Crippen LogP contribution in [0.25, 0.3) is 0 Å². The highest BCUT2D eigenvalue weighted by Crippen LogP contribution is 2.31. The molecule has 2 saturated carbocycles. The summed E-state index contributed by atoms with van der Waals surface area (Å²) in [6, 6.07) is 4.06. The Balaban J connectivity index is 1.84. The smallest absolute Gasteiger partial charge is 0.318 e. The van der Waals surface area contributed by atoms with Crippen LogP contribution in [0, 0.1) is 20.2 Å². The Bertz CT molecular complexity index is 740. The lowest BCUT2D eigenvalue weighted by Gasteiger charge is -2.26. The molecule has 0 saturated heterocycles. The van der Waals surface area contributed by atoms with Gasteiger partial charge in [-0.15, -0.1) is 0 Å². The van der Waals surface area contributed by atoms with Crippen molar-refractivity contribution in [2.45, 2.75) is 76.3 Å². The van der Waals surface area contributed by atoms with Crippen molar-refractivity contribution in [3.63, 3.8) is 0 Å². The first kappa shape index (κ1) is 20.0. The Morgan fingerprint density at radius 2 is 1.61 bits per heavy atom. The molecule has 0 unspecified atom stereocenters. The summed E-state index contributed by atoms with van der Waals surface area (Å²) in [4.78, 5) is 25.7. The Labute approximate surface area is 163 Å². The van der Waals surface area contributed by atoms with Gasteiger partial charge in [-0.25, -0.2) is 4.99 Å². The molecule has 2 aliphatic carbocycles. The summed E-state index contributed by atoms with van der Waals surface area (Å²) in [5.41, 5.74) is -0.777. The summed E-state index contributed by atoms with van der Waals surface area (Å²) in [7, 11) is 0. The van der Waals surface area contributed by atoms with E-state index >= 15 is 0 Å². The van der Waals surface area contributed by atoms with E-state index < -0.39 is 15.5 Å². The number of nitrogens with one attached hydrogen (secondary N) is 1. The fourth-order valence-electron chi connectivity index (χ4n) is 3.84. The van der Waals surface area contributed by atoms with Crippen LogP contribution in [0.1, 0.15) is 64.2 Å². The lowest BCUT2D eigenvalue weighted by molar-refractivity contribution is -0.394. The van der Waals surface area contributed by atoms with E-state index in [9.17, 15) is 20.2 Å². The van der Waals surface area contributed by atoms with Crippen molar-refractivity contribution in [2.75, 3.05) is 0 Å². The molecule has 152 valence electrons. The minimum Gasteiger partial charge on any atom is -0.419 e. The second kappa shape index (κ2) is 9.48. The highest BCUT2D eigenvalue weighted by molar-refractivity contribution is 5.78. The predicted octanol–water partition coefficient (Wildman–Crippen LogP) is 4.49. The van der Waals surface area contributed by atoms with E-state index in [1.807, 2.05) is 0 Å². The van der Waals surface area contributed by atoms with Crippen LogP contribution in [-0.2, 0) is 0 Å². The molecular formula is C19H26N4O5. The molecule has 0 aliphatic heterocycles. The van der Waals surface area contributed by atoms with Gasteiger partial charge in [0.1, 0.15) is 0 Å². The third-order valence-corrected chi connectivity index (χ3v) is 5.36. The van der Waals surface area contributed by atoms with Gasteiger partial charge >= 0.3 is 5.69 Å². The van der Waals surface area contributed by atoms with Crippen LogP contribution < -0.4 is 10.1 Å². The largest absolute Gasteiger partial charge is 0.419 e. The van der Waals surface area contributed by atoms with Gasteiger partial charge in [0.2, 0.25) is 5.75 Å². The summed E-state index contributed by atoms with van der Waals surface area (Å²) in [6.45, 7) is 0. The molecule has 0 atom stereocenters. The maximum Gasteiger partial charge on any atom is 0.318 e. The van der Waals surface area contributed by atoms with Crippen LogP contribution in [0.3, 0.4) is 0 Å². The molecule has 0 aromatic heterocycles. The monoisotopic (exact) mass is 390 g/mol. The Morgan fingerprint density at radius 3 is 2.21 bits per heavy atom. The molecule has 2 fully saturated rings. The second-order valence-electron chi connectivity index (χ2n) is 7.47. The molecule has 1 N–H and O–H groups in total. The van der Waals surface area contributed by atoms with Gasteiger partial charge in [0, 0.05) is 12.1 Å². The number of rotatable bonds is 5. The molecule has 0 heterocycles. The van der Waals surface area contributed by atoms with Gasteiger partial charge < -0.3 is 10.1 Å². The Kier molecular flexibility index (Phi) is 6.78. The van der Waals surface area contributed by atoms with Gasteiger partial charge in [0.25, 0.3) is 11.7 Å². The number of aliphatic imine (C=N–C) groups is 1. The number of nitrogens with zero attached hydrogens (tertiary/aromatic N) is 3. The highest BCUT2D eigenvalue weighted by atomic mass is 16.6. The van der Waals surface area contributed by atoms with Crippen LogP contribution in [0.2, 0.25) is 0 Å². The first-order valence-corrected chi connectivity index (χ1v) is 9.98. The van der Waals surface area contributed by atoms with E-state index in [0.29, 0.717) is 0 Å². The molecule has 3 rings (SSSR count). The van der Waals surface area contributed by atoms with E-state index in [0.717, 1.165) is 57.4 Å². The number of hydrogen-bond acceptors (Lipinski definition) is 6. The number of amidine groups is 1. The molecule has 9 heteroatoms. The van der Waals surface area contributed by atoms with Gasteiger partial charge in [-0.2, -0.15) is 0 Å². The first-order chi connectivity index (χ1) is 13.5. The minimum absolute atomic E-state index is 0.0338. The second-order valence-corrected chi connectivity index (χ2v) is 7.47. The standard InChI is InChI=1S/C19H26N4O5/c24-22(25)16-11-12-18(17(13-16)23(26)27)28-19(20-14-7-3-1-4-8-14)21-15-9-5-2-6-10-15/h11-15H,1-10H2,(H,20,21). The van der Waals surface area contributed by atoms with Crippen molar-refractivity contribution >= 4 is 17.4 Å². The number of hydrogen-bond donors (Lipinski definition) is 1. The van der Waals surface area contributed by atoms with Crippen molar-refractivity contribution in [2.24, 2.45) is 4.99 Å². The fourth-order valence-corrected chi connectivity index (χ4v) is 3.84. The highest BCUT2D eigenvalue weighted by Gasteiger charge is 2.24. The van der Waals surface area contributed by atoms with Crippen LogP contribution in [0.5, 0.6) is 5.75 Å². The van der Waals surface area contributed by atoms with Crippen LogP contribution in [0.4, 0.5) is 11.4 Å². The molecule has 0 bridgehead atoms. The average molecular weight is 390 g/mol. The zero-order valence-electron chi connectivity index (χ0n) is 15.8. The zero-order valence-corrected chi connectivity index (χ0v) is 15.8. The number of nitro groups is 2. The quantitative estimate of drug-likeness (QED) is 0.342.